The largest absolute Gasteiger partial charge is 0.497 e. The number of rotatable bonds is 3. The summed E-state index contributed by atoms with van der Waals surface area (Å²) in [5.74, 6) is 0.808. The Morgan fingerprint density at radius 2 is 1.59 bits per heavy atom. The minimum Gasteiger partial charge on any atom is -0.497 e. The molecule has 0 unspecified atom stereocenters. The Kier molecular flexibility index (Phi) is 13.2. The second-order valence-electron chi connectivity index (χ2n) is 2.76. The summed E-state index contributed by atoms with van der Waals surface area (Å²) in [4.78, 5) is 10.6. The zero-order valence-electron chi connectivity index (χ0n) is 11.8. The second kappa shape index (κ2) is 12.6. The fourth-order valence-electron chi connectivity index (χ4n) is 0.970. The van der Waals surface area contributed by atoms with Crippen molar-refractivity contribution < 1.29 is 9.53 Å². The second-order valence-corrected chi connectivity index (χ2v) is 2.76. The van der Waals surface area contributed by atoms with Crippen LogP contribution in [0.1, 0.15) is 40.2 Å². The minimum atomic E-state index is -0.0178. The van der Waals surface area contributed by atoms with E-state index in [4.69, 9.17) is 4.74 Å². The Balaban J connectivity index is 0. The average molecular weight is 239 g/mol. The van der Waals surface area contributed by atoms with Gasteiger partial charge in [-0.1, -0.05) is 39.8 Å². The molecule has 0 heterocycles. The van der Waals surface area contributed by atoms with E-state index < -0.39 is 0 Å². The zero-order chi connectivity index (χ0) is 13.7. The number of carbonyl (C=O) groups is 1. The van der Waals surface area contributed by atoms with Gasteiger partial charge in [0.1, 0.15) is 5.75 Å². The van der Waals surface area contributed by atoms with Crippen LogP contribution < -0.4 is 10.1 Å². The number of ether oxygens (including phenoxy) is 1. The van der Waals surface area contributed by atoms with Crippen molar-refractivity contribution in [1.82, 2.24) is 5.32 Å². The predicted molar refractivity (Wildman–Crippen MR) is 73.2 cm³/mol. The SMILES string of the molecule is CC.CC.COc1ccc(CNC(C)=O)cc1. The lowest BCUT2D eigenvalue weighted by molar-refractivity contribution is -0.119. The summed E-state index contributed by atoms with van der Waals surface area (Å²) in [7, 11) is 1.63. The average Bonchev–Trinajstić information content (AvgIpc) is 2.41. The molecule has 0 aromatic heterocycles. The van der Waals surface area contributed by atoms with Gasteiger partial charge in [0.15, 0.2) is 0 Å². The van der Waals surface area contributed by atoms with Crippen LogP contribution in [0.25, 0.3) is 0 Å². The monoisotopic (exact) mass is 239 g/mol. The van der Waals surface area contributed by atoms with E-state index in [0.29, 0.717) is 6.54 Å². The fraction of sp³-hybridized carbons (Fsp3) is 0.500. The molecule has 1 aromatic carbocycles. The number of nitrogens with one attached hydrogen (secondary N) is 1. The van der Waals surface area contributed by atoms with Crippen molar-refractivity contribution in [2.45, 2.75) is 41.2 Å². The molecular formula is C14H25NO2. The Morgan fingerprint density at radius 1 is 1.12 bits per heavy atom. The predicted octanol–water partition coefficient (Wildman–Crippen LogP) is 3.38. The Morgan fingerprint density at radius 3 is 1.94 bits per heavy atom. The molecule has 98 valence electrons. The van der Waals surface area contributed by atoms with Gasteiger partial charge in [-0.15, -0.1) is 0 Å². The van der Waals surface area contributed by atoms with Crippen LogP contribution in [0, 0.1) is 0 Å². The molecule has 1 N–H and O–H groups in total. The van der Waals surface area contributed by atoms with Crippen LogP contribution in [0.4, 0.5) is 0 Å². The maximum absolute atomic E-state index is 10.6. The van der Waals surface area contributed by atoms with Crippen molar-refractivity contribution in [2.75, 3.05) is 7.11 Å². The highest BCUT2D eigenvalue weighted by Gasteiger charge is 1.94. The molecule has 0 radical (unpaired) electrons. The van der Waals surface area contributed by atoms with Gasteiger partial charge in [0.25, 0.3) is 0 Å². The molecule has 0 saturated heterocycles. The summed E-state index contributed by atoms with van der Waals surface area (Å²) in [6.45, 7) is 10.1. The molecule has 0 bridgehead atoms. The van der Waals surface area contributed by atoms with Crippen molar-refractivity contribution in [3.63, 3.8) is 0 Å². The maximum atomic E-state index is 10.6. The number of carbonyl (C=O) groups excluding carboxylic acids is 1. The first-order valence-electron chi connectivity index (χ1n) is 6.09. The highest BCUT2D eigenvalue weighted by Crippen LogP contribution is 2.10. The van der Waals surface area contributed by atoms with Gasteiger partial charge in [-0.3, -0.25) is 4.79 Å². The van der Waals surface area contributed by atoms with Gasteiger partial charge >= 0.3 is 0 Å². The molecule has 0 atom stereocenters. The van der Waals surface area contributed by atoms with Gasteiger partial charge < -0.3 is 10.1 Å². The molecule has 17 heavy (non-hydrogen) atoms. The fourth-order valence-corrected chi connectivity index (χ4v) is 0.970. The molecule has 0 aliphatic carbocycles. The molecule has 0 spiro atoms. The Hall–Kier alpha value is -1.51. The number of amides is 1. The number of hydrogen-bond acceptors (Lipinski definition) is 2. The van der Waals surface area contributed by atoms with Gasteiger partial charge in [-0.25, -0.2) is 0 Å². The molecule has 3 nitrogen and oxygen atoms in total. The summed E-state index contributed by atoms with van der Waals surface area (Å²) in [5.41, 5.74) is 1.07. The number of methoxy groups -OCH3 is 1. The van der Waals surface area contributed by atoms with Gasteiger partial charge in [-0.2, -0.15) is 0 Å². The van der Waals surface area contributed by atoms with Crippen LogP contribution in [0.3, 0.4) is 0 Å². The van der Waals surface area contributed by atoms with Crippen LogP contribution in [0.5, 0.6) is 5.75 Å². The minimum absolute atomic E-state index is 0.0178. The highest BCUT2D eigenvalue weighted by molar-refractivity contribution is 5.72. The molecule has 0 aliphatic rings. The maximum Gasteiger partial charge on any atom is 0.217 e. The van der Waals surface area contributed by atoms with Crippen LogP contribution >= 0.6 is 0 Å². The summed E-state index contributed by atoms with van der Waals surface area (Å²) < 4.78 is 5.01. The van der Waals surface area contributed by atoms with Crippen LogP contribution in [-0.4, -0.2) is 13.0 Å². The third-order valence-electron chi connectivity index (χ3n) is 1.70. The first-order chi connectivity index (χ1) is 8.22. The topological polar surface area (TPSA) is 38.3 Å². The first kappa shape index (κ1) is 17.9. The van der Waals surface area contributed by atoms with E-state index in [1.165, 1.54) is 6.92 Å². The summed E-state index contributed by atoms with van der Waals surface area (Å²) in [6.07, 6.45) is 0. The standard InChI is InChI=1S/C10H13NO2.2C2H6/c1-8(12)11-7-9-3-5-10(13-2)6-4-9;2*1-2/h3-6H,7H2,1-2H3,(H,11,12);2*1-2H3. The van der Waals surface area contributed by atoms with Crippen molar-refractivity contribution in [3.05, 3.63) is 29.8 Å². The van der Waals surface area contributed by atoms with Crippen LogP contribution in [0.2, 0.25) is 0 Å². The molecule has 0 aliphatic heterocycles. The normalized spacial score (nSPS) is 7.88. The van der Waals surface area contributed by atoms with Crippen molar-refractivity contribution in [2.24, 2.45) is 0 Å². The van der Waals surface area contributed by atoms with E-state index in [1.807, 2.05) is 52.0 Å². The quantitative estimate of drug-likeness (QED) is 0.878. The molecule has 0 fully saturated rings. The lowest BCUT2D eigenvalue weighted by Crippen LogP contribution is -2.18. The van der Waals surface area contributed by atoms with Gasteiger partial charge in [0.05, 0.1) is 7.11 Å². The van der Waals surface area contributed by atoms with E-state index >= 15 is 0 Å². The van der Waals surface area contributed by atoms with E-state index in [9.17, 15) is 4.79 Å². The van der Waals surface area contributed by atoms with Gasteiger partial charge in [0.2, 0.25) is 5.91 Å². The molecule has 1 rings (SSSR count). The lowest BCUT2D eigenvalue weighted by atomic mass is 10.2. The molecular weight excluding hydrogens is 214 g/mol. The van der Waals surface area contributed by atoms with E-state index in [2.05, 4.69) is 5.32 Å². The third-order valence-corrected chi connectivity index (χ3v) is 1.70. The van der Waals surface area contributed by atoms with Crippen LogP contribution in [0.15, 0.2) is 24.3 Å². The Labute approximate surface area is 105 Å². The van der Waals surface area contributed by atoms with Crippen molar-refractivity contribution >= 4 is 5.91 Å². The molecule has 1 amide bonds. The third kappa shape index (κ3) is 9.42. The molecule has 1 aromatic rings. The zero-order valence-corrected chi connectivity index (χ0v) is 11.8. The van der Waals surface area contributed by atoms with Gasteiger partial charge in [0, 0.05) is 13.5 Å². The summed E-state index contributed by atoms with van der Waals surface area (Å²) >= 11 is 0. The van der Waals surface area contributed by atoms with Gasteiger partial charge in [-0.05, 0) is 17.7 Å². The molecule has 3 heteroatoms. The van der Waals surface area contributed by atoms with Crippen LogP contribution in [-0.2, 0) is 11.3 Å². The summed E-state index contributed by atoms with van der Waals surface area (Å²) in [5, 5.41) is 2.72. The van der Waals surface area contributed by atoms with Crippen molar-refractivity contribution in [3.8, 4) is 5.75 Å². The lowest BCUT2D eigenvalue weighted by Gasteiger charge is -2.03. The smallest absolute Gasteiger partial charge is 0.217 e. The number of benzene rings is 1. The summed E-state index contributed by atoms with van der Waals surface area (Å²) in [6, 6.07) is 7.60. The molecule has 0 saturated carbocycles. The van der Waals surface area contributed by atoms with E-state index in [-0.39, 0.29) is 5.91 Å². The van der Waals surface area contributed by atoms with Crippen molar-refractivity contribution in [1.29, 1.82) is 0 Å². The van der Waals surface area contributed by atoms with E-state index in [1.54, 1.807) is 7.11 Å². The highest BCUT2D eigenvalue weighted by atomic mass is 16.5. The van der Waals surface area contributed by atoms with E-state index in [0.717, 1.165) is 11.3 Å². The Bertz CT molecular complexity index is 281. The first-order valence-corrected chi connectivity index (χ1v) is 6.09. The number of hydrogen-bond donors (Lipinski definition) is 1.